The van der Waals surface area contributed by atoms with Gasteiger partial charge in [0.05, 0.1) is 26.3 Å². The summed E-state index contributed by atoms with van der Waals surface area (Å²) in [6.07, 6.45) is -0.567. The van der Waals surface area contributed by atoms with Crippen LogP contribution >= 0.6 is 0 Å². The second kappa shape index (κ2) is 23.4. The van der Waals surface area contributed by atoms with Crippen molar-refractivity contribution in [1.29, 1.82) is 0 Å². The van der Waals surface area contributed by atoms with Crippen molar-refractivity contribution >= 4 is 53.6 Å². The molecule has 2 saturated carbocycles. The number of fused-ring (bicyclic) bond motifs is 2. The van der Waals surface area contributed by atoms with Gasteiger partial charge >= 0.3 is 36.1 Å². The molecule has 7 N–H and O–H groups in total. The molecule has 5 rings (SSSR count). The fourth-order valence-electron chi connectivity index (χ4n) is 10.4. The number of amides is 9. The third kappa shape index (κ3) is 14.9. The van der Waals surface area contributed by atoms with Crippen LogP contribution in [0.25, 0.3) is 0 Å². The molecule has 2 aliphatic heterocycles. The van der Waals surface area contributed by atoms with Gasteiger partial charge in [-0.05, 0) is 78.2 Å². The van der Waals surface area contributed by atoms with Gasteiger partial charge in [-0.1, -0.05) is 115 Å². The SMILES string of the molecule is COC(=O)[C@@H]1[C@@H]2[C@H](CN1C(=O)[C@@H](NC(=O)N[C@H](CNC(=O)Nc1ccccc1)C(C)C)C(C)(C)C)C2(C)C.COC(=O)[C@@H]1[C@@H]2[C@H](CN1C(=O)[C@@H](NC(=O)N[C@H](CNC(=O)OC(C)(C)C)C(C)C)C(C)(C)C)C2(C)C. The number of anilines is 1. The van der Waals surface area contributed by atoms with E-state index in [9.17, 15) is 38.4 Å². The predicted molar refractivity (Wildman–Crippen MR) is 281 cm³/mol. The highest BCUT2D eigenvalue weighted by Gasteiger charge is 2.71. The number of hydrogen-bond donors (Lipinski definition) is 7. The first-order valence-corrected chi connectivity index (χ1v) is 26.0. The Morgan fingerprint density at radius 1 is 0.581 bits per heavy atom. The standard InChI is InChI=1S/C28H43N5O5.C26H46N4O6/c1-16(2)19(14-29-25(36)30-17-12-10-9-11-13-17)31-26(37)32-22(27(3,4)5)23(34)33-15-18-20(28(18,6)7)21(33)24(35)38-8;1-14(2)16(12-27-23(34)36-25(6,7)8)28-22(33)29-19(24(3,4)5)20(31)30-13-15-17(26(15,9)10)18(30)21(32)35-11/h9-13,16,18-22H,14-15H2,1-8H3,(H2,29,30,36)(H2,31,32,37);14-19H,12-13H2,1-11H3,(H,27,34)(H2,28,29,33)/t18-,19+,20-,21-,22+;15-,16+,17-,18-,19+/m00/s1. The quantitative estimate of drug-likeness (QED) is 0.0780. The molecule has 4 aliphatic rings. The molecule has 0 bridgehead atoms. The average molecular weight is 1040 g/mol. The van der Waals surface area contributed by atoms with Gasteiger partial charge in [-0.3, -0.25) is 9.59 Å². The molecule has 0 radical (unpaired) electrons. The summed E-state index contributed by atoms with van der Waals surface area (Å²) in [5.74, 6) is -0.882. The van der Waals surface area contributed by atoms with Crippen LogP contribution in [-0.4, -0.2) is 140 Å². The average Bonchev–Trinajstić information content (AvgIpc) is 3.73. The van der Waals surface area contributed by atoms with Crippen molar-refractivity contribution < 1.29 is 52.6 Å². The number of para-hydroxylation sites is 1. The number of piperidine rings is 2. The van der Waals surface area contributed by atoms with Crippen molar-refractivity contribution in [3.63, 3.8) is 0 Å². The third-order valence-electron chi connectivity index (χ3n) is 15.3. The number of methoxy groups -OCH3 is 2. The number of hydrogen-bond acceptors (Lipinski definition) is 11. The number of rotatable bonds is 15. The van der Waals surface area contributed by atoms with Gasteiger partial charge in [0.15, 0.2) is 0 Å². The molecule has 2 aliphatic carbocycles. The summed E-state index contributed by atoms with van der Waals surface area (Å²) in [7, 11) is 2.67. The topological polar surface area (TPSA) is 255 Å². The Bertz CT molecular complexity index is 2200. The van der Waals surface area contributed by atoms with E-state index in [1.165, 1.54) is 14.2 Å². The molecule has 74 heavy (non-hydrogen) atoms. The summed E-state index contributed by atoms with van der Waals surface area (Å²) in [6.45, 7) is 34.0. The van der Waals surface area contributed by atoms with E-state index in [4.69, 9.17) is 14.2 Å². The van der Waals surface area contributed by atoms with Crippen LogP contribution in [0, 0.1) is 57.2 Å². The molecule has 2 saturated heterocycles. The second-order valence-electron chi connectivity index (χ2n) is 25.4. The van der Waals surface area contributed by atoms with Crippen molar-refractivity contribution in [2.24, 2.45) is 57.2 Å². The molecule has 4 fully saturated rings. The number of carbonyl (C=O) groups excluding carboxylic acids is 8. The van der Waals surface area contributed by atoms with Gasteiger partial charge in [0.2, 0.25) is 11.8 Å². The van der Waals surface area contributed by atoms with Crippen LogP contribution in [-0.2, 0) is 33.4 Å². The Morgan fingerprint density at radius 2 is 0.959 bits per heavy atom. The van der Waals surface area contributed by atoms with Crippen LogP contribution in [0.1, 0.15) is 118 Å². The van der Waals surface area contributed by atoms with Crippen LogP contribution in [0.15, 0.2) is 30.3 Å². The number of carbonyl (C=O) groups is 8. The largest absolute Gasteiger partial charge is 0.467 e. The number of nitrogens with one attached hydrogen (secondary N) is 7. The lowest BCUT2D eigenvalue weighted by Gasteiger charge is -2.37. The lowest BCUT2D eigenvalue weighted by molar-refractivity contribution is -0.154. The minimum atomic E-state index is -0.864. The van der Waals surface area contributed by atoms with Gasteiger partial charge in [0.1, 0.15) is 29.8 Å². The number of likely N-dealkylation sites (tertiary alicyclic amines) is 2. The normalized spacial score (nSPS) is 23.7. The molecule has 20 heteroatoms. The van der Waals surface area contributed by atoms with Gasteiger partial charge in [0, 0.05) is 43.7 Å². The number of ether oxygens (including phenoxy) is 3. The number of nitrogens with zero attached hydrogens (tertiary/aromatic N) is 2. The zero-order valence-corrected chi connectivity index (χ0v) is 47.5. The van der Waals surface area contributed by atoms with Crippen molar-refractivity contribution in [3.8, 4) is 0 Å². The Hall–Kier alpha value is -5.82. The van der Waals surface area contributed by atoms with Crippen LogP contribution in [0.4, 0.5) is 24.9 Å². The smallest absolute Gasteiger partial charge is 0.407 e. The summed E-state index contributed by atoms with van der Waals surface area (Å²) in [6, 6.07) is 3.85. The van der Waals surface area contributed by atoms with E-state index < -0.39 is 76.7 Å². The maximum Gasteiger partial charge on any atom is 0.407 e. The Morgan fingerprint density at radius 3 is 1.30 bits per heavy atom. The maximum absolute atomic E-state index is 13.8. The zero-order valence-electron chi connectivity index (χ0n) is 47.5. The van der Waals surface area contributed by atoms with Gasteiger partial charge in [0.25, 0.3) is 0 Å². The summed E-state index contributed by atoms with van der Waals surface area (Å²) in [5.41, 5.74) is -1.24. The molecule has 0 aromatic heterocycles. The molecule has 2 heterocycles. The highest BCUT2D eigenvalue weighted by Crippen LogP contribution is 2.66. The molecule has 0 spiro atoms. The Labute approximate surface area is 439 Å². The molecular weight excluding hydrogens is 951 g/mol. The van der Waals surface area contributed by atoms with Gasteiger partial charge in [-0.25, -0.2) is 28.8 Å². The van der Waals surface area contributed by atoms with E-state index in [0.29, 0.717) is 18.8 Å². The summed E-state index contributed by atoms with van der Waals surface area (Å²) in [5, 5.41) is 19.7. The molecule has 9 amide bonds. The summed E-state index contributed by atoms with van der Waals surface area (Å²) in [4.78, 5) is 106. The lowest BCUT2D eigenvalue weighted by atomic mass is 9.85. The first kappa shape index (κ1) is 60.7. The Kier molecular flexibility index (Phi) is 19.2. The zero-order chi connectivity index (χ0) is 56.2. The maximum atomic E-state index is 13.8. The van der Waals surface area contributed by atoms with Crippen molar-refractivity contribution in [2.45, 2.75) is 160 Å². The van der Waals surface area contributed by atoms with Crippen LogP contribution in [0.3, 0.4) is 0 Å². The van der Waals surface area contributed by atoms with Crippen LogP contribution in [0.5, 0.6) is 0 Å². The van der Waals surface area contributed by atoms with Gasteiger partial charge < -0.3 is 61.2 Å². The fraction of sp³-hybridized carbons (Fsp3) is 0.741. The molecule has 0 unspecified atom stereocenters. The van der Waals surface area contributed by atoms with E-state index in [-0.39, 0.29) is 83.3 Å². The predicted octanol–water partition coefficient (Wildman–Crippen LogP) is 6.11. The van der Waals surface area contributed by atoms with Crippen molar-refractivity contribution in [3.05, 3.63) is 30.3 Å². The van der Waals surface area contributed by atoms with Crippen LogP contribution in [0.2, 0.25) is 0 Å². The molecular formula is C54H89N9O11. The monoisotopic (exact) mass is 1040 g/mol. The van der Waals surface area contributed by atoms with E-state index in [2.05, 4.69) is 64.9 Å². The lowest BCUT2D eigenvalue weighted by Crippen LogP contribution is -2.61. The fourth-order valence-corrected chi connectivity index (χ4v) is 10.4. The molecule has 20 nitrogen and oxygen atoms in total. The molecule has 10 atom stereocenters. The van der Waals surface area contributed by atoms with E-state index in [0.717, 1.165) is 0 Å². The molecule has 1 aromatic rings. The number of urea groups is 3. The van der Waals surface area contributed by atoms with Crippen molar-refractivity contribution in [1.82, 2.24) is 41.7 Å². The first-order valence-electron chi connectivity index (χ1n) is 26.0. The number of benzene rings is 1. The van der Waals surface area contributed by atoms with Crippen LogP contribution < -0.4 is 37.2 Å². The van der Waals surface area contributed by atoms with E-state index in [1.54, 1.807) is 42.7 Å². The highest BCUT2D eigenvalue weighted by atomic mass is 16.6. The minimum absolute atomic E-state index is 0.00565. The Balaban J connectivity index is 0.000000321. The molecule has 1 aromatic carbocycles. The van der Waals surface area contributed by atoms with E-state index in [1.807, 2.05) is 87.4 Å². The van der Waals surface area contributed by atoms with Gasteiger partial charge in [-0.15, -0.1) is 0 Å². The summed E-state index contributed by atoms with van der Waals surface area (Å²) < 4.78 is 15.3. The highest BCUT2D eigenvalue weighted by molar-refractivity contribution is 5.94. The number of esters is 2. The summed E-state index contributed by atoms with van der Waals surface area (Å²) >= 11 is 0. The van der Waals surface area contributed by atoms with Crippen molar-refractivity contribution in [2.75, 3.05) is 45.7 Å². The number of alkyl carbamates (subject to hydrolysis) is 1. The first-order chi connectivity index (χ1) is 34.0. The van der Waals surface area contributed by atoms with E-state index >= 15 is 0 Å². The third-order valence-corrected chi connectivity index (χ3v) is 15.3. The molecule has 416 valence electrons. The van der Waals surface area contributed by atoms with Gasteiger partial charge in [-0.2, -0.15) is 0 Å². The minimum Gasteiger partial charge on any atom is -0.467 e. The second-order valence-corrected chi connectivity index (χ2v) is 25.4.